The van der Waals surface area contributed by atoms with Crippen LogP contribution in [0.15, 0.2) is 71.4 Å². The van der Waals surface area contributed by atoms with Crippen molar-refractivity contribution in [2.45, 2.75) is 130 Å². The minimum absolute atomic E-state index is 0.0145. The number of rotatable bonds is 21. The summed E-state index contributed by atoms with van der Waals surface area (Å²) < 4.78 is 46.7. The van der Waals surface area contributed by atoms with E-state index >= 15 is 0 Å². The molecule has 0 bridgehead atoms. The molecule has 61 heavy (non-hydrogen) atoms. The Balaban J connectivity index is 1.51. The molecule has 4 rings (SSSR count). The highest BCUT2D eigenvalue weighted by atomic mass is 32.1. The van der Waals surface area contributed by atoms with Crippen LogP contribution in [0.2, 0.25) is 0 Å². The Bertz CT molecular complexity index is 2190. The first kappa shape index (κ1) is 40.2. The molecule has 0 fully saturated rings. The number of carbonyl (C=O) groups excluding carboxylic acids is 4. The fourth-order valence-corrected chi connectivity index (χ4v) is 8.15. The van der Waals surface area contributed by atoms with Gasteiger partial charge in [-0.3, -0.25) is 9.59 Å². The molecule has 2 heterocycles. The number of carbonyl (C=O) groups is 4. The van der Waals surface area contributed by atoms with E-state index in [-0.39, 0.29) is 48.5 Å². The number of nitrogens with one attached hydrogen (secondary N) is 4. The van der Waals surface area contributed by atoms with E-state index in [4.69, 9.17) is 8.22 Å². The van der Waals surface area contributed by atoms with Crippen LogP contribution in [-0.2, 0) is 35.5 Å². The second kappa shape index (κ2) is 23.4. The van der Waals surface area contributed by atoms with Crippen LogP contribution < -0.4 is 21.3 Å². The normalized spacial score (nSPS) is 15.9. The zero-order chi connectivity index (χ0) is 49.8. The van der Waals surface area contributed by atoms with Crippen LogP contribution >= 0.6 is 22.7 Å². The van der Waals surface area contributed by atoms with E-state index in [2.05, 4.69) is 45.1 Å². The van der Waals surface area contributed by atoms with Crippen LogP contribution in [0.1, 0.15) is 114 Å². The van der Waals surface area contributed by atoms with Crippen molar-refractivity contribution in [3.05, 3.63) is 104 Å². The number of hydrogen-bond acceptors (Lipinski definition) is 9. The Labute approximate surface area is 378 Å². The van der Waals surface area contributed by atoms with Crippen LogP contribution in [0.3, 0.4) is 0 Å². The summed E-state index contributed by atoms with van der Waals surface area (Å²) >= 11 is 2.43. The second-order valence-corrected chi connectivity index (χ2v) is 18.3. The van der Waals surface area contributed by atoms with Crippen molar-refractivity contribution in [1.82, 2.24) is 41.0 Å². The van der Waals surface area contributed by atoms with Gasteiger partial charge in [0.05, 0.1) is 46.6 Å². The van der Waals surface area contributed by atoms with Crippen molar-refractivity contribution in [1.29, 1.82) is 0 Å². The number of hydrogen-bond donors (Lipinski definition) is 5. The molecule has 0 saturated carbocycles. The van der Waals surface area contributed by atoms with Crippen LogP contribution in [0.4, 0.5) is 9.59 Å². The Morgan fingerprint density at radius 1 is 0.656 bits per heavy atom. The number of aromatic nitrogens is 2. The summed E-state index contributed by atoms with van der Waals surface area (Å²) in [5.74, 6) is -3.22. The predicted molar refractivity (Wildman–Crippen MR) is 244 cm³/mol. The maximum atomic E-state index is 14.2. The first-order valence-electron chi connectivity index (χ1n) is 23.6. The fraction of sp³-hybridized carbons (Fsp3) is 0.522. The number of aliphatic hydroxyl groups is 1. The maximum Gasteiger partial charge on any atom is 0.318 e. The smallest absolute Gasteiger partial charge is 0.318 e. The number of nitrogens with zero attached hydrogens (tertiary/aromatic N) is 4. The largest absolute Gasteiger partial charge is 0.391 e. The van der Waals surface area contributed by atoms with Crippen LogP contribution in [0, 0.1) is 11.8 Å². The molecule has 5 N–H and O–H groups in total. The van der Waals surface area contributed by atoms with E-state index in [0.29, 0.717) is 6.42 Å². The molecule has 6 amide bonds. The van der Waals surface area contributed by atoms with Crippen LogP contribution in [0.5, 0.6) is 0 Å². The quantitative estimate of drug-likeness (QED) is 0.0596. The van der Waals surface area contributed by atoms with Gasteiger partial charge in [0.2, 0.25) is 11.8 Å². The van der Waals surface area contributed by atoms with Gasteiger partial charge in [0.15, 0.2) is 0 Å². The van der Waals surface area contributed by atoms with E-state index in [1.165, 1.54) is 33.6 Å². The molecule has 5 atom stereocenters. The summed E-state index contributed by atoms with van der Waals surface area (Å²) in [6.07, 6.45) is -0.641. The second-order valence-electron chi connectivity index (χ2n) is 16.5. The number of thiazole rings is 2. The van der Waals surface area contributed by atoms with E-state index in [1.54, 1.807) is 20.9 Å². The summed E-state index contributed by atoms with van der Waals surface area (Å²) in [5, 5.41) is 28.2. The summed E-state index contributed by atoms with van der Waals surface area (Å²) in [5.41, 5.74) is 2.76. The molecular weight excluding hydrogens is 809 g/mol. The third kappa shape index (κ3) is 15.2. The van der Waals surface area contributed by atoms with Crippen molar-refractivity contribution >= 4 is 46.6 Å². The third-order valence-electron chi connectivity index (χ3n) is 10.1. The van der Waals surface area contributed by atoms with Crippen LogP contribution in [0.25, 0.3) is 0 Å². The Morgan fingerprint density at radius 3 is 1.52 bits per heavy atom. The van der Waals surface area contributed by atoms with E-state index < -0.39 is 79.7 Å². The third-order valence-corrected chi connectivity index (χ3v) is 12.3. The van der Waals surface area contributed by atoms with E-state index in [0.717, 1.165) is 33.2 Å². The molecule has 2 aromatic heterocycles. The lowest BCUT2D eigenvalue weighted by atomic mass is 9.92. The standard InChI is InChI=1S/C46H66N8O5S2/c1-28(2)39(51-45(58)53(9)24-35-26-60-43(48-35)30(5)6)41(56)47-34(21-32-17-13-11-14-18-32)23-38(55)37(22-33-19-15-12-16-20-33)50-42(57)40(29(3)4)52-46(59)54(10)25-36-27-61-44(49-36)31(7)8/h11-20,26-31,34,37-40,55H,21-25H2,1-10H3,(H,47,56)(H,50,57)(H,51,58)(H,52,59)/t34-,37-,38-,39-,40-/m0/s1/i7D3,8D3. The van der Waals surface area contributed by atoms with Gasteiger partial charge in [-0.05, 0) is 42.2 Å². The van der Waals surface area contributed by atoms with Gasteiger partial charge in [-0.2, -0.15) is 0 Å². The van der Waals surface area contributed by atoms with Gasteiger partial charge < -0.3 is 36.2 Å². The summed E-state index contributed by atoms with van der Waals surface area (Å²) in [6, 6.07) is 14.2. The molecule has 0 saturated heterocycles. The Hall–Kier alpha value is -4.86. The lowest BCUT2D eigenvalue weighted by molar-refractivity contribution is -0.126. The molecule has 0 radical (unpaired) electrons. The van der Waals surface area contributed by atoms with Gasteiger partial charge in [0, 0.05) is 51.0 Å². The number of benzene rings is 2. The van der Waals surface area contributed by atoms with Gasteiger partial charge in [0.25, 0.3) is 0 Å². The van der Waals surface area contributed by atoms with E-state index in [9.17, 15) is 24.3 Å². The van der Waals surface area contributed by atoms with Gasteiger partial charge in [-0.25, -0.2) is 19.6 Å². The molecule has 0 aliphatic rings. The molecular formula is C46H66N8O5S2. The molecule has 15 heteroatoms. The van der Waals surface area contributed by atoms with Crippen LogP contribution in [-0.4, -0.2) is 93.1 Å². The monoisotopic (exact) mass is 880 g/mol. The van der Waals surface area contributed by atoms with E-state index in [1.807, 2.05) is 79.9 Å². The average Bonchev–Trinajstić information content (AvgIpc) is 3.90. The highest BCUT2D eigenvalue weighted by Gasteiger charge is 2.33. The van der Waals surface area contributed by atoms with Crippen molar-refractivity contribution in [3.8, 4) is 0 Å². The number of aliphatic hydroxyl groups excluding tert-OH is 1. The minimum atomic E-state index is -2.82. The van der Waals surface area contributed by atoms with Gasteiger partial charge >= 0.3 is 12.1 Å². The first-order chi connectivity index (χ1) is 31.3. The number of urea groups is 2. The fourth-order valence-electron chi connectivity index (χ4n) is 6.64. The molecule has 13 nitrogen and oxygen atoms in total. The Morgan fingerprint density at radius 2 is 1.10 bits per heavy atom. The predicted octanol–water partition coefficient (Wildman–Crippen LogP) is 7.08. The molecule has 0 aliphatic heterocycles. The van der Waals surface area contributed by atoms with Crippen molar-refractivity contribution < 1.29 is 32.5 Å². The van der Waals surface area contributed by atoms with Gasteiger partial charge in [0.1, 0.15) is 12.1 Å². The molecule has 332 valence electrons. The summed E-state index contributed by atoms with van der Waals surface area (Å²) in [4.78, 5) is 67.0. The molecule has 4 aromatic rings. The molecule has 2 aromatic carbocycles. The highest BCUT2D eigenvalue weighted by molar-refractivity contribution is 7.10. The molecule has 0 spiro atoms. The minimum Gasteiger partial charge on any atom is -0.391 e. The van der Waals surface area contributed by atoms with Crippen molar-refractivity contribution in [2.75, 3.05) is 14.1 Å². The highest BCUT2D eigenvalue weighted by Crippen LogP contribution is 2.22. The molecule has 0 aliphatic carbocycles. The first-order valence-corrected chi connectivity index (χ1v) is 22.4. The molecule has 0 unspecified atom stereocenters. The Kier molecular flexibility index (Phi) is 15.4. The van der Waals surface area contributed by atoms with Gasteiger partial charge in [-0.15, -0.1) is 22.7 Å². The van der Waals surface area contributed by atoms with Crippen molar-refractivity contribution in [2.24, 2.45) is 11.8 Å². The topological polar surface area (TPSA) is 169 Å². The lowest BCUT2D eigenvalue weighted by Crippen LogP contribution is -2.58. The zero-order valence-electron chi connectivity index (χ0n) is 42.3. The summed E-state index contributed by atoms with van der Waals surface area (Å²) in [7, 11) is 3.11. The van der Waals surface area contributed by atoms with Crippen molar-refractivity contribution in [3.63, 3.8) is 0 Å². The zero-order valence-corrected chi connectivity index (χ0v) is 38.0. The average molecular weight is 881 g/mol. The van der Waals surface area contributed by atoms with Gasteiger partial charge in [-0.1, -0.05) is 116 Å². The number of amides is 6. The SMILES string of the molecule is [2H]C([2H])([2H])C(c1nc(CN(C)C(=O)N[C@H](C(=O)N[C@@H](Cc2ccccc2)[C@@H](O)C[C@H](Cc2ccccc2)NC(=O)[C@@H](NC(=O)N(C)Cc2csc(C(C)C)n2)C(C)C)C(C)C)cs1)C([2H])([2H])[2H]. The lowest BCUT2D eigenvalue weighted by Gasteiger charge is -2.32. The summed E-state index contributed by atoms with van der Waals surface area (Å²) in [6.45, 7) is 5.83. The maximum absolute atomic E-state index is 14.2.